The Hall–Kier alpha value is -0.320. The third kappa shape index (κ3) is 2.15. The van der Waals surface area contributed by atoms with Gasteiger partial charge in [0.1, 0.15) is 10.2 Å². The Kier molecular flexibility index (Phi) is 3.41. The lowest BCUT2D eigenvalue weighted by Gasteiger charge is -2.22. The van der Waals surface area contributed by atoms with E-state index in [-0.39, 0.29) is 11.6 Å². The second-order valence-electron chi connectivity index (χ2n) is 4.67. The van der Waals surface area contributed by atoms with E-state index in [1.54, 1.807) is 13.0 Å². The Morgan fingerprint density at radius 1 is 1.50 bits per heavy atom. The Morgan fingerprint density at radius 3 is 2.50 bits per heavy atom. The highest BCUT2D eigenvalue weighted by atomic mass is 79.9. The minimum absolute atomic E-state index is 0.209. The van der Waals surface area contributed by atoms with Crippen LogP contribution in [0, 0.1) is 11.2 Å². The van der Waals surface area contributed by atoms with E-state index < -0.39 is 15.6 Å². The van der Waals surface area contributed by atoms with Crippen LogP contribution in [0.15, 0.2) is 22.7 Å². The summed E-state index contributed by atoms with van der Waals surface area (Å²) in [5.74, 6) is -0.757. The average molecular weight is 355 g/mol. The number of amides is 1. The fourth-order valence-electron chi connectivity index (χ4n) is 1.86. The monoisotopic (exact) mass is 353 g/mol. The number of alkyl halides is 2. The lowest BCUT2D eigenvalue weighted by Crippen LogP contribution is -2.35. The minimum atomic E-state index is -1.05. The molecule has 98 valence electrons. The second kappa shape index (κ2) is 4.36. The van der Waals surface area contributed by atoms with Crippen molar-refractivity contribution in [2.75, 3.05) is 11.9 Å². The topological polar surface area (TPSA) is 20.3 Å². The van der Waals surface area contributed by atoms with Gasteiger partial charge in [0.15, 0.2) is 0 Å². The number of halogens is 4. The van der Waals surface area contributed by atoms with E-state index in [0.29, 0.717) is 10.9 Å². The number of anilines is 1. The van der Waals surface area contributed by atoms with E-state index in [9.17, 15) is 9.18 Å². The molecule has 18 heavy (non-hydrogen) atoms. The van der Waals surface area contributed by atoms with Crippen LogP contribution in [-0.2, 0) is 4.79 Å². The molecule has 0 bridgehead atoms. The first-order chi connectivity index (χ1) is 8.19. The van der Waals surface area contributed by atoms with Crippen LogP contribution < -0.4 is 4.90 Å². The van der Waals surface area contributed by atoms with E-state index in [1.165, 1.54) is 24.1 Å². The molecule has 6 heteroatoms. The van der Waals surface area contributed by atoms with Crippen LogP contribution in [0.5, 0.6) is 0 Å². The zero-order valence-electron chi connectivity index (χ0n) is 9.81. The van der Waals surface area contributed by atoms with Crippen LogP contribution >= 0.6 is 39.1 Å². The molecule has 0 N–H and O–H groups in total. The Labute approximate surface area is 123 Å². The maximum absolute atomic E-state index is 13.8. The fraction of sp³-hybridized carbons (Fsp3) is 0.417. The summed E-state index contributed by atoms with van der Waals surface area (Å²) in [7, 11) is 1.52. The quantitative estimate of drug-likeness (QED) is 0.731. The number of carbonyl (C=O) groups excluding carboxylic acids is 1. The van der Waals surface area contributed by atoms with Crippen LogP contribution in [0.3, 0.4) is 0 Å². The number of hydrogen-bond donors (Lipinski definition) is 0. The van der Waals surface area contributed by atoms with Crippen LogP contribution in [-0.4, -0.2) is 17.3 Å². The van der Waals surface area contributed by atoms with Gasteiger partial charge in [-0.15, -0.1) is 23.2 Å². The third-order valence-corrected chi connectivity index (χ3v) is 4.90. The van der Waals surface area contributed by atoms with Crippen molar-refractivity contribution in [1.82, 2.24) is 0 Å². The molecule has 0 aromatic heterocycles. The molecular weight excluding hydrogens is 344 g/mol. The molecule has 1 aromatic carbocycles. The first kappa shape index (κ1) is 14.1. The highest BCUT2D eigenvalue weighted by Crippen LogP contribution is 2.64. The Morgan fingerprint density at radius 2 is 2.06 bits per heavy atom. The standard InChI is InChI=1S/C12H11BrCl2FNO/c1-11(6-12(11,14)15)10(18)17(2)9-4-3-7(13)5-8(9)16/h3-5H,6H2,1-2H3. The van der Waals surface area contributed by atoms with Gasteiger partial charge < -0.3 is 4.90 Å². The molecule has 1 amide bonds. The Balaban J connectivity index is 2.27. The number of rotatable bonds is 2. The van der Waals surface area contributed by atoms with E-state index in [2.05, 4.69) is 15.9 Å². The van der Waals surface area contributed by atoms with Gasteiger partial charge in [-0.25, -0.2) is 4.39 Å². The zero-order valence-corrected chi connectivity index (χ0v) is 12.9. The first-order valence-corrected chi connectivity index (χ1v) is 6.85. The summed E-state index contributed by atoms with van der Waals surface area (Å²) in [6.07, 6.45) is 0.379. The SMILES string of the molecule is CN(C(=O)C1(C)CC1(Cl)Cl)c1ccc(Br)cc1F. The van der Waals surface area contributed by atoms with Crippen molar-refractivity contribution in [2.24, 2.45) is 5.41 Å². The maximum Gasteiger partial charge on any atom is 0.235 e. The smallest absolute Gasteiger partial charge is 0.235 e. The maximum atomic E-state index is 13.8. The van der Waals surface area contributed by atoms with E-state index in [0.717, 1.165) is 0 Å². The van der Waals surface area contributed by atoms with Crippen molar-refractivity contribution in [1.29, 1.82) is 0 Å². The second-order valence-corrected chi connectivity index (χ2v) is 7.07. The summed E-state index contributed by atoms with van der Waals surface area (Å²) in [6, 6.07) is 4.52. The van der Waals surface area contributed by atoms with Crippen molar-refractivity contribution in [3.63, 3.8) is 0 Å². The van der Waals surface area contributed by atoms with Gasteiger partial charge in [-0.1, -0.05) is 15.9 Å². The molecule has 0 saturated heterocycles. The molecule has 0 radical (unpaired) electrons. The molecule has 2 nitrogen and oxygen atoms in total. The lowest BCUT2D eigenvalue weighted by molar-refractivity contribution is -0.122. The van der Waals surface area contributed by atoms with Crippen molar-refractivity contribution in [3.05, 3.63) is 28.5 Å². The summed E-state index contributed by atoms with van der Waals surface area (Å²) in [5.41, 5.74) is -0.634. The van der Waals surface area contributed by atoms with Gasteiger partial charge in [-0.2, -0.15) is 0 Å². The molecule has 1 saturated carbocycles. The summed E-state index contributed by atoms with van der Waals surface area (Å²) in [5, 5.41) is 0. The summed E-state index contributed by atoms with van der Waals surface area (Å²) >= 11 is 15.1. The molecule has 0 spiro atoms. The van der Waals surface area contributed by atoms with Gasteiger partial charge in [-0.05, 0) is 31.5 Å². The summed E-state index contributed by atoms with van der Waals surface area (Å²) < 4.78 is 13.3. The fourth-order valence-corrected chi connectivity index (χ4v) is 2.89. The molecule has 1 fully saturated rings. The summed E-state index contributed by atoms with van der Waals surface area (Å²) in [4.78, 5) is 13.5. The van der Waals surface area contributed by atoms with E-state index in [1.807, 2.05) is 0 Å². The van der Waals surface area contributed by atoms with Crippen molar-refractivity contribution >= 4 is 50.7 Å². The molecule has 1 aliphatic carbocycles. The molecule has 1 aromatic rings. The van der Waals surface area contributed by atoms with Crippen molar-refractivity contribution in [2.45, 2.75) is 17.7 Å². The molecular formula is C12H11BrCl2FNO. The number of benzene rings is 1. The van der Waals surface area contributed by atoms with E-state index >= 15 is 0 Å². The normalized spacial score (nSPS) is 24.8. The molecule has 2 rings (SSSR count). The van der Waals surface area contributed by atoms with E-state index in [4.69, 9.17) is 23.2 Å². The van der Waals surface area contributed by atoms with Gasteiger partial charge in [-0.3, -0.25) is 4.79 Å². The van der Waals surface area contributed by atoms with Gasteiger partial charge >= 0.3 is 0 Å². The van der Waals surface area contributed by atoms with Gasteiger partial charge in [0.2, 0.25) is 5.91 Å². The highest BCUT2D eigenvalue weighted by Gasteiger charge is 2.68. The van der Waals surface area contributed by atoms with Crippen molar-refractivity contribution in [3.8, 4) is 0 Å². The third-order valence-electron chi connectivity index (χ3n) is 3.31. The van der Waals surface area contributed by atoms with Crippen LogP contribution in [0.4, 0.5) is 10.1 Å². The predicted molar refractivity (Wildman–Crippen MR) is 74.7 cm³/mol. The molecule has 1 atom stereocenters. The average Bonchev–Trinajstić information content (AvgIpc) is 2.77. The largest absolute Gasteiger partial charge is 0.312 e. The molecule has 1 unspecified atom stereocenters. The highest BCUT2D eigenvalue weighted by molar-refractivity contribution is 9.10. The number of nitrogens with zero attached hydrogens (tertiary/aromatic N) is 1. The van der Waals surface area contributed by atoms with Gasteiger partial charge in [0.05, 0.1) is 11.1 Å². The van der Waals surface area contributed by atoms with Crippen LogP contribution in [0.25, 0.3) is 0 Å². The van der Waals surface area contributed by atoms with Gasteiger partial charge in [0, 0.05) is 11.5 Å². The van der Waals surface area contributed by atoms with Crippen molar-refractivity contribution < 1.29 is 9.18 Å². The number of carbonyl (C=O) groups is 1. The molecule has 0 heterocycles. The minimum Gasteiger partial charge on any atom is -0.312 e. The number of hydrogen-bond acceptors (Lipinski definition) is 1. The molecule has 0 aliphatic heterocycles. The summed E-state index contributed by atoms with van der Waals surface area (Å²) in [6.45, 7) is 1.68. The van der Waals surface area contributed by atoms with Crippen LogP contribution in [0.1, 0.15) is 13.3 Å². The Bertz CT molecular complexity index is 523. The zero-order chi connectivity index (χ0) is 13.7. The van der Waals surface area contributed by atoms with Crippen LogP contribution in [0.2, 0.25) is 0 Å². The van der Waals surface area contributed by atoms with Gasteiger partial charge in [0.25, 0.3) is 0 Å². The molecule has 1 aliphatic rings. The first-order valence-electron chi connectivity index (χ1n) is 5.30. The predicted octanol–water partition coefficient (Wildman–Crippen LogP) is 4.13. The lowest BCUT2D eigenvalue weighted by atomic mass is 10.1.